The Hall–Kier alpha value is -2.96. The second-order valence-electron chi connectivity index (χ2n) is 5.79. The van der Waals surface area contributed by atoms with Crippen LogP contribution in [0.3, 0.4) is 0 Å². The fourth-order valence-electron chi connectivity index (χ4n) is 2.97. The lowest BCUT2D eigenvalue weighted by Gasteiger charge is -1.98. The molecule has 0 aliphatic carbocycles. The average molecular weight is 381 g/mol. The van der Waals surface area contributed by atoms with E-state index < -0.39 is 0 Å². The zero-order chi connectivity index (χ0) is 17.8. The van der Waals surface area contributed by atoms with E-state index in [4.69, 9.17) is 16.0 Å². The lowest BCUT2D eigenvalue weighted by molar-refractivity contribution is 0.601. The Labute approximate surface area is 154 Å². The molecule has 0 aliphatic rings. The molecule has 26 heavy (non-hydrogen) atoms. The maximum Gasteiger partial charge on any atom is 0.274 e. The molecule has 2 aromatic carbocycles. The van der Waals surface area contributed by atoms with Crippen molar-refractivity contribution in [1.82, 2.24) is 9.38 Å². The van der Waals surface area contributed by atoms with Crippen molar-refractivity contribution in [1.29, 1.82) is 0 Å². The molecular weight excluding hydrogens is 372 g/mol. The Kier molecular flexibility index (Phi) is 3.25. The Morgan fingerprint density at radius 1 is 1.15 bits per heavy atom. The molecule has 0 atom stereocenters. The number of hydrogen-bond acceptors (Lipinski definition) is 5. The summed E-state index contributed by atoms with van der Waals surface area (Å²) in [5, 5.41) is 0.831. The van der Waals surface area contributed by atoms with Gasteiger partial charge in [-0.05, 0) is 36.4 Å². The van der Waals surface area contributed by atoms with Crippen LogP contribution in [0.1, 0.15) is 5.56 Å². The first kappa shape index (κ1) is 15.3. The number of halogens is 1. The summed E-state index contributed by atoms with van der Waals surface area (Å²) < 4.78 is 7.49. The van der Waals surface area contributed by atoms with Gasteiger partial charge in [-0.3, -0.25) is 9.59 Å². The van der Waals surface area contributed by atoms with E-state index in [1.54, 1.807) is 28.7 Å². The van der Waals surface area contributed by atoms with Gasteiger partial charge in [0.05, 0.1) is 26.5 Å². The Balaban J connectivity index is 1.80. The van der Waals surface area contributed by atoms with Crippen molar-refractivity contribution in [3.05, 3.63) is 84.4 Å². The quantitative estimate of drug-likeness (QED) is 0.448. The van der Waals surface area contributed by atoms with E-state index in [0.717, 1.165) is 11.0 Å². The van der Waals surface area contributed by atoms with Gasteiger partial charge >= 0.3 is 0 Å². The van der Waals surface area contributed by atoms with Gasteiger partial charge in [-0.1, -0.05) is 35.1 Å². The van der Waals surface area contributed by atoms with E-state index in [1.165, 1.54) is 17.6 Å². The molecule has 0 aliphatic heterocycles. The van der Waals surface area contributed by atoms with Crippen LogP contribution in [0.15, 0.2) is 62.7 Å². The Bertz CT molecular complexity index is 1500. The minimum absolute atomic E-state index is 0.204. The van der Waals surface area contributed by atoms with Crippen molar-refractivity contribution in [2.75, 3.05) is 0 Å². The third-order valence-electron chi connectivity index (χ3n) is 4.19. The summed E-state index contributed by atoms with van der Waals surface area (Å²) in [6.07, 6.45) is 2.90. The number of imidazole rings is 1. The van der Waals surface area contributed by atoms with Crippen molar-refractivity contribution in [2.45, 2.75) is 0 Å². The molecule has 3 aromatic heterocycles. The molecule has 3 heterocycles. The fraction of sp³-hybridized carbons (Fsp3) is 0. The molecule has 0 N–H and O–H groups in total. The molecular formula is C19H9ClN2O3S. The van der Waals surface area contributed by atoms with E-state index in [1.807, 2.05) is 24.3 Å². The predicted octanol–water partition coefficient (Wildman–Crippen LogP) is 3.22. The number of fused-ring (bicyclic) bond motifs is 4. The Morgan fingerprint density at radius 3 is 2.88 bits per heavy atom. The molecule has 0 unspecified atom stereocenters. The highest BCUT2D eigenvalue weighted by molar-refractivity contribution is 7.15. The van der Waals surface area contributed by atoms with Crippen LogP contribution in [0.25, 0.3) is 33.0 Å². The molecule has 0 radical (unpaired) electrons. The van der Waals surface area contributed by atoms with Crippen molar-refractivity contribution >= 4 is 56.0 Å². The van der Waals surface area contributed by atoms with Crippen LogP contribution in [-0.4, -0.2) is 9.38 Å². The lowest BCUT2D eigenvalue weighted by Crippen LogP contribution is -2.23. The summed E-state index contributed by atoms with van der Waals surface area (Å²) in [5.41, 5.74) is 1.83. The second-order valence-corrected chi connectivity index (χ2v) is 7.24. The summed E-state index contributed by atoms with van der Waals surface area (Å²) >= 11 is 7.21. The topological polar surface area (TPSA) is 64.6 Å². The first-order valence-electron chi connectivity index (χ1n) is 7.74. The van der Waals surface area contributed by atoms with Crippen LogP contribution in [-0.2, 0) is 0 Å². The Morgan fingerprint density at radius 2 is 2.00 bits per heavy atom. The number of para-hydroxylation sites is 2. The first-order chi connectivity index (χ1) is 12.6. The van der Waals surface area contributed by atoms with E-state index in [9.17, 15) is 9.59 Å². The molecule has 5 aromatic rings. The van der Waals surface area contributed by atoms with Crippen molar-refractivity contribution < 1.29 is 4.42 Å². The molecule has 7 heteroatoms. The number of benzene rings is 2. The molecule has 0 saturated carbocycles. The molecule has 0 spiro atoms. The van der Waals surface area contributed by atoms with Gasteiger partial charge < -0.3 is 4.42 Å². The van der Waals surface area contributed by atoms with Gasteiger partial charge in [0.25, 0.3) is 5.56 Å². The third-order valence-corrected chi connectivity index (χ3v) is 5.40. The zero-order valence-corrected chi connectivity index (χ0v) is 14.7. The van der Waals surface area contributed by atoms with Gasteiger partial charge in [-0.2, -0.15) is 0 Å². The second kappa shape index (κ2) is 5.52. The van der Waals surface area contributed by atoms with E-state index >= 15 is 0 Å². The van der Waals surface area contributed by atoms with Gasteiger partial charge in [-0.15, -0.1) is 0 Å². The summed E-state index contributed by atoms with van der Waals surface area (Å²) in [6.45, 7) is 0. The van der Waals surface area contributed by atoms with E-state index in [-0.39, 0.29) is 11.0 Å². The monoisotopic (exact) mass is 380 g/mol. The van der Waals surface area contributed by atoms with Crippen LogP contribution in [0.4, 0.5) is 0 Å². The summed E-state index contributed by atoms with van der Waals surface area (Å²) in [7, 11) is 0. The third kappa shape index (κ3) is 2.20. The SMILES string of the molecule is O=c1c(/C=c2\sc3nc4ccccc4n3c2=O)coc2ccc(Cl)cc12. The number of aromatic nitrogens is 2. The number of rotatable bonds is 1. The summed E-state index contributed by atoms with van der Waals surface area (Å²) in [5.74, 6) is 0. The summed E-state index contributed by atoms with van der Waals surface area (Å²) in [4.78, 5) is 30.5. The maximum atomic E-state index is 12.8. The highest BCUT2D eigenvalue weighted by Crippen LogP contribution is 2.18. The van der Waals surface area contributed by atoms with Gasteiger partial charge in [0.2, 0.25) is 0 Å². The highest BCUT2D eigenvalue weighted by Gasteiger charge is 2.12. The van der Waals surface area contributed by atoms with Crippen LogP contribution in [0.5, 0.6) is 0 Å². The fourth-order valence-corrected chi connectivity index (χ4v) is 4.12. The highest BCUT2D eigenvalue weighted by atomic mass is 35.5. The normalized spacial score (nSPS) is 12.6. The maximum absolute atomic E-state index is 12.8. The van der Waals surface area contributed by atoms with Crippen molar-refractivity contribution in [2.24, 2.45) is 0 Å². The molecule has 0 bridgehead atoms. The molecule has 5 nitrogen and oxygen atoms in total. The van der Waals surface area contributed by atoms with Crippen molar-refractivity contribution in [3.63, 3.8) is 0 Å². The molecule has 126 valence electrons. The number of hydrogen-bond donors (Lipinski definition) is 0. The van der Waals surface area contributed by atoms with Gasteiger partial charge in [-0.25, -0.2) is 9.38 Å². The largest absolute Gasteiger partial charge is 0.463 e. The minimum Gasteiger partial charge on any atom is -0.463 e. The van der Waals surface area contributed by atoms with E-state index in [2.05, 4.69) is 4.98 Å². The van der Waals surface area contributed by atoms with Crippen LogP contribution >= 0.6 is 22.9 Å². The van der Waals surface area contributed by atoms with Crippen molar-refractivity contribution in [3.8, 4) is 0 Å². The smallest absolute Gasteiger partial charge is 0.274 e. The predicted molar refractivity (Wildman–Crippen MR) is 103 cm³/mol. The standard InChI is InChI=1S/C19H9ClN2O3S/c20-11-5-6-15-12(8-11)17(23)10(9-25-15)7-16-18(24)22-14-4-2-1-3-13(14)21-19(22)26-16/h1-9H/b16-7-. The van der Waals surface area contributed by atoms with Gasteiger partial charge in [0.1, 0.15) is 11.8 Å². The average Bonchev–Trinajstić information content (AvgIpc) is 3.14. The van der Waals surface area contributed by atoms with Crippen LogP contribution in [0.2, 0.25) is 5.02 Å². The molecule has 0 amide bonds. The van der Waals surface area contributed by atoms with Gasteiger partial charge in [0, 0.05) is 5.02 Å². The summed E-state index contributed by atoms with van der Waals surface area (Å²) in [6, 6.07) is 12.3. The minimum atomic E-state index is -0.232. The molecule has 0 saturated heterocycles. The first-order valence-corrected chi connectivity index (χ1v) is 8.94. The molecule has 0 fully saturated rings. The van der Waals surface area contributed by atoms with Crippen LogP contribution < -0.4 is 15.5 Å². The molecule has 5 rings (SSSR count). The number of thiazole rings is 1. The number of nitrogens with zero attached hydrogens (tertiary/aromatic N) is 2. The van der Waals surface area contributed by atoms with Gasteiger partial charge in [0.15, 0.2) is 10.4 Å². The zero-order valence-electron chi connectivity index (χ0n) is 13.1. The van der Waals surface area contributed by atoms with Crippen LogP contribution in [0, 0.1) is 0 Å². The lowest BCUT2D eigenvalue weighted by atomic mass is 10.1. The van der Waals surface area contributed by atoms with E-state index in [0.29, 0.717) is 31.0 Å².